The lowest BCUT2D eigenvalue weighted by atomic mass is 10.3. The van der Waals surface area contributed by atoms with Crippen molar-refractivity contribution in [3.8, 4) is 11.5 Å². The number of hydrogen-bond acceptors (Lipinski definition) is 2. The first kappa shape index (κ1) is 8.40. The van der Waals surface area contributed by atoms with Crippen molar-refractivity contribution < 1.29 is 9.47 Å². The summed E-state index contributed by atoms with van der Waals surface area (Å²) < 4.78 is 10.9. The molecule has 0 unspecified atom stereocenters. The van der Waals surface area contributed by atoms with E-state index < -0.39 is 0 Å². The van der Waals surface area contributed by atoms with Crippen molar-refractivity contribution in [2.24, 2.45) is 0 Å². The molecule has 0 heterocycles. The lowest BCUT2D eigenvalue weighted by Crippen LogP contribution is -1.86. The van der Waals surface area contributed by atoms with Crippen molar-refractivity contribution in [1.29, 1.82) is 0 Å². The number of hydrogen-bond donors (Lipinski definition) is 0. The summed E-state index contributed by atoms with van der Waals surface area (Å²) in [5.41, 5.74) is 0. The maximum absolute atomic E-state index is 4.97. The van der Waals surface area contributed by atoms with Crippen LogP contribution in [0.1, 0.15) is 0 Å². The molecule has 0 spiro atoms. The average Bonchev–Trinajstić information content (AvgIpc) is 2.03. The Morgan fingerprint density at radius 3 is 2.00 bits per heavy atom. The van der Waals surface area contributed by atoms with Gasteiger partial charge in [-0.15, -0.1) is 0 Å². The number of rotatable bonds is 2. The van der Waals surface area contributed by atoms with Crippen LogP contribution in [0.5, 0.6) is 11.5 Å². The van der Waals surface area contributed by atoms with E-state index in [-0.39, 0.29) is 0 Å². The molecule has 0 aliphatic rings. The summed E-state index contributed by atoms with van der Waals surface area (Å²) in [7, 11) is 3.19. The maximum Gasteiger partial charge on any atom is 0.131 e. The smallest absolute Gasteiger partial charge is 0.131 e. The third-order valence-corrected chi connectivity index (χ3v) is 1.68. The third kappa shape index (κ3) is 2.12. The molecule has 0 N–H and O–H groups in total. The van der Waals surface area contributed by atoms with Gasteiger partial charge in [-0.2, -0.15) is 0 Å². The number of ether oxygens (including phenoxy) is 2. The van der Waals surface area contributed by atoms with Crippen LogP contribution in [0.15, 0.2) is 16.6 Å². The highest BCUT2D eigenvalue weighted by molar-refractivity contribution is 9.10. The van der Waals surface area contributed by atoms with E-state index in [4.69, 9.17) is 9.47 Å². The van der Waals surface area contributed by atoms with Crippen molar-refractivity contribution in [2.75, 3.05) is 14.2 Å². The van der Waals surface area contributed by atoms with Gasteiger partial charge in [0.1, 0.15) is 11.5 Å². The zero-order valence-corrected chi connectivity index (χ0v) is 7.94. The maximum atomic E-state index is 4.97. The summed E-state index contributed by atoms with van der Waals surface area (Å²) in [4.78, 5) is 0. The van der Waals surface area contributed by atoms with E-state index in [0.29, 0.717) is 11.5 Å². The molecule has 0 aromatic heterocycles. The van der Waals surface area contributed by atoms with Gasteiger partial charge >= 0.3 is 0 Å². The molecule has 0 bridgehead atoms. The molecule has 0 atom stereocenters. The van der Waals surface area contributed by atoms with E-state index in [9.17, 15) is 0 Å². The third-order valence-electron chi connectivity index (χ3n) is 1.22. The quantitative estimate of drug-likeness (QED) is 0.754. The Morgan fingerprint density at radius 2 is 1.64 bits per heavy atom. The molecule has 0 aliphatic carbocycles. The molecule has 2 nitrogen and oxygen atoms in total. The Hall–Kier alpha value is -0.700. The van der Waals surface area contributed by atoms with Gasteiger partial charge < -0.3 is 9.47 Å². The summed E-state index contributed by atoms with van der Waals surface area (Å²) in [6.45, 7) is 0. The fourth-order valence-corrected chi connectivity index (χ4v) is 1.12. The number of halogens is 1. The molecule has 59 valence electrons. The van der Waals surface area contributed by atoms with Gasteiger partial charge in [0.05, 0.1) is 20.3 Å². The molecule has 1 radical (unpaired) electrons. The van der Waals surface area contributed by atoms with Crippen LogP contribution in [0.4, 0.5) is 0 Å². The Labute approximate surface area is 74.3 Å². The van der Waals surface area contributed by atoms with Gasteiger partial charge in [-0.1, -0.05) is 15.9 Å². The van der Waals surface area contributed by atoms with E-state index in [1.807, 2.05) is 12.1 Å². The molecular weight excluding hydrogens is 208 g/mol. The first-order valence-electron chi connectivity index (χ1n) is 3.07. The van der Waals surface area contributed by atoms with E-state index in [0.717, 1.165) is 4.47 Å². The van der Waals surface area contributed by atoms with Crippen LogP contribution in [0.3, 0.4) is 0 Å². The van der Waals surface area contributed by atoms with Crippen LogP contribution in [-0.2, 0) is 0 Å². The lowest BCUT2D eigenvalue weighted by molar-refractivity contribution is 0.392. The van der Waals surface area contributed by atoms with Crippen LogP contribution in [-0.4, -0.2) is 14.2 Å². The zero-order chi connectivity index (χ0) is 8.27. The van der Waals surface area contributed by atoms with Crippen LogP contribution in [0.25, 0.3) is 0 Å². The second-order valence-electron chi connectivity index (χ2n) is 1.94. The van der Waals surface area contributed by atoms with E-state index in [2.05, 4.69) is 22.0 Å². The second kappa shape index (κ2) is 3.62. The highest BCUT2D eigenvalue weighted by atomic mass is 79.9. The van der Waals surface area contributed by atoms with Gasteiger partial charge in [0.2, 0.25) is 0 Å². The predicted octanol–water partition coefficient (Wildman–Crippen LogP) is 2.27. The highest BCUT2D eigenvalue weighted by Crippen LogP contribution is 2.24. The fraction of sp³-hybridized carbons (Fsp3) is 0.250. The lowest BCUT2D eigenvalue weighted by Gasteiger charge is -2.03. The molecule has 0 saturated heterocycles. The van der Waals surface area contributed by atoms with Crippen LogP contribution in [0, 0.1) is 6.07 Å². The molecule has 1 aromatic carbocycles. The molecule has 0 saturated carbocycles. The van der Waals surface area contributed by atoms with Crippen molar-refractivity contribution in [1.82, 2.24) is 0 Å². The molecule has 0 fully saturated rings. The van der Waals surface area contributed by atoms with Gasteiger partial charge in [-0.25, -0.2) is 0 Å². The van der Waals surface area contributed by atoms with Crippen molar-refractivity contribution >= 4 is 15.9 Å². The van der Waals surface area contributed by atoms with Crippen LogP contribution in [0.2, 0.25) is 0 Å². The van der Waals surface area contributed by atoms with E-state index >= 15 is 0 Å². The van der Waals surface area contributed by atoms with Gasteiger partial charge in [-0.05, 0) is 12.1 Å². The first-order chi connectivity index (χ1) is 5.26. The Morgan fingerprint density at radius 1 is 1.18 bits per heavy atom. The second-order valence-corrected chi connectivity index (χ2v) is 2.85. The van der Waals surface area contributed by atoms with E-state index in [1.165, 1.54) is 0 Å². The summed E-state index contributed by atoms with van der Waals surface area (Å²) >= 11 is 3.31. The van der Waals surface area contributed by atoms with E-state index in [1.54, 1.807) is 14.2 Å². The fourth-order valence-electron chi connectivity index (χ4n) is 0.706. The summed E-state index contributed by atoms with van der Waals surface area (Å²) in [6, 6.07) is 6.55. The molecule has 1 aromatic rings. The Kier molecular flexibility index (Phi) is 2.76. The SMILES string of the molecule is COc1[c]c(OC)cc(Br)c1. The number of benzene rings is 1. The predicted molar refractivity (Wildman–Crippen MR) is 46.1 cm³/mol. The molecule has 3 heteroatoms. The van der Waals surface area contributed by atoms with Gasteiger partial charge in [0.15, 0.2) is 0 Å². The minimum Gasteiger partial charge on any atom is -0.496 e. The van der Waals surface area contributed by atoms with Crippen molar-refractivity contribution in [3.05, 3.63) is 22.7 Å². The molecule has 1 rings (SSSR count). The molecule has 11 heavy (non-hydrogen) atoms. The van der Waals surface area contributed by atoms with Gasteiger partial charge in [0.25, 0.3) is 0 Å². The van der Waals surface area contributed by atoms with Crippen molar-refractivity contribution in [3.63, 3.8) is 0 Å². The first-order valence-corrected chi connectivity index (χ1v) is 3.86. The summed E-state index contributed by atoms with van der Waals surface area (Å²) in [5.74, 6) is 1.33. The highest BCUT2D eigenvalue weighted by Gasteiger charge is 1.98. The van der Waals surface area contributed by atoms with Gasteiger partial charge in [-0.3, -0.25) is 0 Å². The number of methoxy groups -OCH3 is 2. The minimum absolute atomic E-state index is 0.663. The topological polar surface area (TPSA) is 18.5 Å². The standard InChI is InChI=1S/C8H8BrO2/c1-10-7-3-6(9)4-8(5-7)11-2/h3-4H,1-2H3. The molecule has 0 amide bonds. The molecule has 0 aliphatic heterocycles. The molecular formula is C8H8BrO2. The van der Waals surface area contributed by atoms with Crippen molar-refractivity contribution in [2.45, 2.75) is 0 Å². The minimum atomic E-state index is 0.663. The average molecular weight is 216 g/mol. The van der Waals surface area contributed by atoms with Crippen LogP contribution < -0.4 is 9.47 Å². The Bertz CT molecular complexity index is 226. The Balaban J connectivity index is 3.02. The van der Waals surface area contributed by atoms with Crippen LogP contribution >= 0.6 is 15.9 Å². The summed E-state index contributed by atoms with van der Waals surface area (Å²) in [6.07, 6.45) is 0. The summed E-state index contributed by atoms with van der Waals surface area (Å²) in [5, 5.41) is 0. The van der Waals surface area contributed by atoms with Gasteiger partial charge in [0, 0.05) is 4.47 Å². The largest absolute Gasteiger partial charge is 0.496 e. The normalized spacial score (nSPS) is 9.36. The zero-order valence-electron chi connectivity index (χ0n) is 6.35. The monoisotopic (exact) mass is 215 g/mol.